The minimum absolute atomic E-state index is 0.979. The minimum atomic E-state index is 0.979. The first-order valence-corrected chi connectivity index (χ1v) is 4.96. The Balaban J connectivity index is 3.09. The van der Waals surface area contributed by atoms with Gasteiger partial charge in [-0.25, -0.2) is 0 Å². The monoisotopic (exact) mass is 190 g/mol. The first-order valence-electron chi connectivity index (χ1n) is 4.96. The van der Waals surface area contributed by atoms with Gasteiger partial charge >= 0.3 is 0 Å². The fraction of sp³-hybridized carbons (Fsp3) is 0.385. The van der Waals surface area contributed by atoms with E-state index in [0.717, 1.165) is 24.2 Å². The Hall–Kier alpha value is -1.24. The molecule has 0 aromatic rings. The van der Waals surface area contributed by atoms with Gasteiger partial charge in [0.2, 0.25) is 0 Å². The van der Waals surface area contributed by atoms with E-state index in [9.17, 15) is 0 Å². The van der Waals surface area contributed by atoms with Gasteiger partial charge in [0, 0.05) is 5.57 Å². The number of hydrogen-bond donors (Lipinski definition) is 0. The summed E-state index contributed by atoms with van der Waals surface area (Å²) < 4.78 is 5.35. The predicted octanol–water partition coefficient (Wildman–Crippen LogP) is 3.76. The van der Waals surface area contributed by atoms with Crippen LogP contribution in [0.4, 0.5) is 0 Å². The summed E-state index contributed by atoms with van der Waals surface area (Å²) in [6.07, 6.45) is 8.55. The van der Waals surface area contributed by atoms with Crippen LogP contribution in [0.5, 0.6) is 0 Å². The maximum absolute atomic E-state index is 5.35. The van der Waals surface area contributed by atoms with Gasteiger partial charge in [0.1, 0.15) is 5.76 Å². The highest BCUT2D eigenvalue weighted by Crippen LogP contribution is 2.30. The van der Waals surface area contributed by atoms with Gasteiger partial charge in [-0.1, -0.05) is 18.2 Å². The van der Waals surface area contributed by atoms with Crippen LogP contribution in [0.3, 0.4) is 0 Å². The molecule has 0 N–H and O–H groups in total. The van der Waals surface area contributed by atoms with E-state index >= 15 is 0 Å². The van der Waals surface area contributed by atoms with E-state index in [1.165, 1.54) is 11.1 Å². The van der Waals surface area contributed by atoms with Crippen molar-refractivity contribution in [1.29, 1.82) is 0 Å². The summed E-state index contributed by atoms with van der Waals surface area (Å²) in [7, 11) is 1.72. The van der Waals surface area contributed by atoms with Gasteiger partial charge in [0.05, 0.1) is 7.11 Å². The van der Waals surface area contributed by atoms with Gasteiger partial charge in [-0.15, -0.1) is 0 Å². The van der Waals surface area contributed by atoms with Gasteiger partial charge < -0.3 is 4.74 Å². The molecule has 0 heterocycles. The Morgan fingerprint density at radius 2 is 2.29 bits per heavy atom. The Morgan fingerprint density at radius 1 is 1.57 bits per heavy atom. The van der Waals surface area contributed by atoms with Gasteiger partial charge in [-0.3, -0.25) is 0 Å². The van der Waals surface area contributed by atoms with E-state index in [4.69, 9.17) is 4.74 Å². The van der Waals surface area contributed by atoms with E-state index in [0.29, 0.717) is 0 Å². The highest BCUT2D eigenvalue weighted by atomic mass is 16.5. The van der Waals surface area contributed by atoms with Crippen molar-refractivity contribution in [2.75, 3.05) is 7.11 Å². The second-order valence-electron chi connectivity index (χ2n) is 3.53. The van der Waals surface area contributed by atoms with Crippen LogP contribution < -0.4 is 0 Å². The van der Waals surface area contributed by atoms with Crippen molar-refractivity contribution < 1.29 is 4.74 Å². The molecular weight excluding hydrogens is 172 g/mol. The van der Waals surface area contributed by atoms with Crippen molar-refractivity contribution in [2.24, 2.45) is 0 Å². The smallest absolute Gasteiger partial charge is 0.122 e. The first kappa shape index (κ1) is 10.8. The molecule has 0 atom stereocenters. The van der Waals surface area contributed by atoms with Crippen molar-refractivity contribution in [1.82, 2.24) is 0 Å². The van der Waals surface area contributed by atoms with Gasteiger partial charge in [0.25, 0.3) is 0 Å². The van der Waals surface area contributed by atoms with Crippen LogP contribution in [0, 0.1) is 0 Å². The lowest BCUT2D eigenvalue weighted by Gasteiger charge is -2.19. The summed E-state index contributed by atoms with van der Waals surface area (Å²) >= 11 is 0. The summed E-state index contributed by atoms with van der Waals surface area (Å²) in [4.78, 5) is 0. The summed E-state index contributed by atoms with van der Waals surface area (Å²) in [5, 5.41) is 0. The molecule has 0 fully saturated rings. The molecule has 0 aliphatic heterocycles. The summed E-state index contributed by atoms with van der Waals surface area (Å²) in [6.45, 7) is 7.97. The van der Waals surface area contributed by atoms with Gasteiger partial charge in [-0.05, 0) is 44.4 Å². The molecule has 0 saturated carbocycles. The minimum Gasteiger partial charge on any atom is -0.496 e. The Morgan fingerprint density at radius 3 is 2.79 bits per heavy atom. The summed E-state index contributed by atoms with van der Waals surface area (Å²) in [5.41, 5.74) is 3.60. The molecule has 1 aliphatic rings. The van der Waals surface area contributed by atoms with Crippen LogP contribution in [-0.2, 0) is 4.74 Å². The van der Waals surface area contributed by atoms with E-state index in [1.807, 2.05) is 6.92 Å². The molecule has 0 radical (unpaired) electrons. The number of allylic oxidation sites excluding steroid dienone is 5. The highest BCUT2D eigenvalue weighted by molar-refractivity contribution is 5.49. The molecule has 76 valence electrons. The fourth-order valence-electron chi connectivity index (χ4n) is 1.66. The normalized spacial score (nSPS) is 22.4. The van der Waals surface area contributed by atoms with Crippen molar-refractivity contribution in [3.63, 3.8) is 0 Å². The summed E-state index contributed by atoms with van der Waals surface area (Å²) in [6, 6.07) is 0. The molecular formula is C13H18O. The first-order chi connectivity index (χ1) is 6.69. The topological polar surface area (TPSA) is 9.23 Å². The second kappa shape index (κ2) is 4.85. The Bertz CT molecular complexity index is 316. The zero-order valence-corrected chi connectivity index (χ0v) is 9.26. The van der Waals surface area contributed by atoms with Crippen LogP contribution in [-0.4, -0.2) is 7.11 Å². The SMILES string of the molecule is C=C(C)/C=C1/C(OC)=CCC/C1=C/C. The lowest BCUT2D eigenvalue weighted by atomic mass is 9.92. The van der Waals surface area contributed by atoms with E-state index in [-0.39, 0.29) is 0 Å². The van der Waals surface area contributed by atoms with Crippen LogP contribution in [0.2, 0.25) is 0 Å². The molecule has 0 spiro atoms. The third kappa shape index (κ3) is 2.38. The zero-order chi connectivity index (χ0) is 10.6. The molecule has 14 heavy (non-hydrogen) atoms. The standard InChI is InChI=1S/C13H18O/c1-5-11-7-6-8-13(14-4)12(11)9-10(2)3/h5,8-9H,2,6-7H2,1,3-4H3/b11-5-,12-9+. The molecule has 0 saturated heterocycles. The lowest BCUT2D eigenvalue weighted by molar-refractivity contribution is 0.297. The Labute approximate surface area is 86.5 Å². The van der Waals surface area contributed by atoms with E-state index < -0.39 is 0 Å². The average molecular weight is 190 g/mol. The van der Waals surface area contributed by atoms with Crippen LogP contribution in [0.15, 0.2) is 47.3 Å². The molecule has 1 heteroatoms. The molecule has 1 rings (SSSR count). The molecule has 0 bridgehead atoms. The number of rotatable bonds is 2. The lowest BCUT2D eigenvalue weighted by Crippen LogP contribution is -2.02. The Kier molecular flexibility index (Phi) is 3.75. The molecule has 0 unspecified atom stereocenters. The number of ether oxygens (including phenoxy) is 1. The van der Waals surface area contributed by atoms with Crippen molar-refractivity contribution >= 4 is 0 Å². The zero-order valence-electron chi connectivity index (χ0n) is 9.26. The van der Waals surface area contributed by atoms with Gasteiger partial charge in [0.15, 0.2) is 0 Å². The van der Waals surface area contributed by atoms with E-state index in [1.54, 1.807) is 7.11 Å². The van der Waals surface area contributed by atoms with Crippen LogP contribution in [0.1, 0.15) is 26.7 Å². The van der Waals surface area contributed by atoms with Crippen LogP contribution >= 0.6 is 0 Å². The molecule has 0 aromatic heterocycles. The molecule has 0 amide bonds. The quantitative estimate of drug-likeness (QED) is 0.644. The third-order valence-electron chi connectivity index (χ3n) is 2.31. The van der Waals surface area contributed by atoms with Gasteiger partial charge in [-0.2, -0.15) is 0 Å². The number of hydrogen-bond acceptors (Lipinski definition) is 1. The number of methoxy groups -OCH3 is 1. The molecule has 1 aliphatic carbocycles. The highest BCUT2D eigenvalue weighted by Gasteiger charge is 2.14. The molecule has 0 aromatic carbocycles. The fourth-order valence-corrected chi connectivity index (χ4v) is 1.66. The second-order valence-corrected chi connectivity index (χ2v) is 3.53. The molecule has 1 nitrogen and oxygen atoms in total. The largest absolute Gasteiger partial charge is 0.496 e. The summed E-state index contributed by atoms with van der Waals surface area (Å²) in [5.74, 6) is 0.979. The van der Waals surface area contributed by atoms with Crippen LogP contribution in [0.25, 0.3) is 0 Å². The maximum atomic E-state index is 5.35. The van der Waals surface area contributed by atoms with E-state index in [2.05, 4.69) is 31.7 Å². The third-order valence-corrected chi connectivity index (χ3v) is 2.31. The van der Waals surface area contributed by atoms with Crippen molar-refractivity contribution in [3.8, 4) is 0 Å². The average Bonchev–Trinajstić information content (AvgIpc) is 2.17. The van der Waals surface area contributed by atoms with Crippen molar-refractivity contribution in [2.45, 2.75) is 26.7 Å². The predicted molar refractivity (Wildman–Crippen MR) is 61.0 cm³/mol. The maximum Gasteiger partial charge on any atom is 0.122 e. The van der Waals surface area contributed by atoms with Crippen molar-refractivity contribution in [3.05, 3.63) is 47.3 Å².